The Morgan fingerprint density at radius 3 is 2.55 bits per heavy atom. The van der Waals surface area contributed by atoms with Crippen molar-refractivity contribution in [2.24, 2.45) is 5.73 Å². The van der Waals surface area contributed by atoms with E-state index in [0.29, 0.717) is 11.8 Å². The fourth-order valence-corrected chi connectivity index (χ4v) is 3.22. The van der Waals surface area contributed by atoms with Crippen LogP contribution in [0.25, 0.3) is 11.1 Å². The van der Waals surface area contributed by atoms with Gasteiger partial charge >= 0.3 is 0 Å². The van der Waals surface area contributed by atoms with Crippen LogP contribution in [-0.2, 0) is 0 Å². The summed E-state index contributed by atoms with van der Waals surface area (Å²) in [6.07, 6.45) is 0.896. The van der Waals surface area contributed by atoms with Gasteiger partial charge in [0.25, 0.3) is 5.22 Å². The molecule has 4 heteroatoms. The van der Waals surface area contributed by atoms with Crippen molar-refractivity contribution in [3.05, 3.63) is 60.2 Å². The van der Waals surface area contributed by atoms with Crippen molar-refractivity contribution >= 4 is 22.9 Å². The normalized spacial score (nSPS) is 12.7. The summed E-state index contributed by atoms with van der Waals surface area (Å²) >= 11 is 1.63. The van der Waals surface area contributed by atoms with Crippen molar-refractivity contribution in [2.75, 3.05) is 6.54 Å². The number of thioether (sulfide) groups is 1. The molecule has 3 aromatic rings. The molecule has 2 N–H and O–H groups in total. The largest absolute Gasteiger partial charge is 0.431 e. The molecule has 0 bridgehead atoms. The van der Waals surface area contributed by atoms with Gasteiger partial charge in [-0.25, -0.2) is 4.98 Å². The molecule has 0 aliphatic heterocycles. The first kappa shape index (κ1) is 13.2. The van der Waals surface area contributed by atoms with Crippen molar-refractivity contribution in [1.82, 2.24) is 4.98 Å². The molecule has 1 aromatic heterocycles. The fourth-order valence-electron chi connectivity index (χ4n) is 2.14. The van der Waals surface area contributed by atoms with E-state index < -0.39 is 0 Å². The predicted octanol–water partition coefficient (Wildman–Crippen LogP) is 4.01. The average Bonchev–Trinajstić information content (AvgIpc) is 2.90. The fraction of sp³-hybridized carbons (Fsp3) is 0.188. The molecule has 2 aromatic carbocycles. The number of hydrogen-bond acceptors (Lipinski definition) is 4. The number of fused-ring (bicyclic) bond motifs is 1. The van der Waals surface area contributed by atoms with E-state index in [-0.39, 0.29) is 5.25 Å². The van der Waals surface area contributed by atoms with Crippen LogP contribution in [0.15, 0.2) is 64.2 Å². The Hall–Kier alpha value is -1.78. The van der Waals surface area contributed by atoms with Gasteiger partial charge in [0.1, 0.15) is 5.52 Å². The highest BCUT2D eigenvalue weighted by Gasteiger charge is 2.16. The van der Waals surface area contributed by atoms with Crippen LogP contribution >= 0.6 is 11.8 Å². The lowest BCUT2D eigenvalue weighted by Crippen LogP contribution is -2.04. The number of nitrogens with zero attached hydrogens (tertiary/aromatic N) is 1. The van der Waals surface area contributed by atoms with Crippen molar-refractivity contribution in [1.29, 1.82) is 0 Å². The minimum Gasteiger partial charge on any atom is -0.431 e. The summed E-state index contributed by atoms with van der Waals surface area (Å²) in [6.45, 7) is 0.646. The Bertz CT molecular complexity index is 648. The van der Waals surface area contributed by atoms with E-state index in [0.717, 1.165) is 17.5 Å². The molecule has 0 radical (unpaired) electrons. The van der Waals surface area contributed by atoms with E-state index in [2.05, 4.69) is 17.1 Å². The minimum absolute atomic E-state index is 0.272. The first-order chi connectivity index (χ1) is 9.86. The molecule has 0 aliphatic rings. The molecule has 0 saturated carbocycles. The smallest absolute Gasteiger partial charge is 0.257 e. The number of hydrogen-bond donors (Lipinski definition) is 1. The number of nitrogens with two attached hydrogens (primary N) is 1. The molecule has 20 heavy (non-hydrogen) atoms. The molecule has 0 amide bonds. The molecular weight excluding hydrogens is 268 g/mol. The molecule has 0 fully saturated rings. The second-order valence-corrected chi connectivity index (χ2v) is 5.70. The number of para-hydroxylation sites is 2. The van der Waals surface area contributed by atoms with E-state index in [1.165, 1.54) is 5.56 Å². The lowest BCUT2D eigenvalue weighted by Gasteiger charge is -2.13. The molecule has 1 heterocycles. The van der Waals surface area contributed by atoms with Crippen LogP contribution in [0.3, 0.4) is 0 Å². The van der Waals surface area contributed by atoms with Crippen LogP contribution in [0.4, 0.5) is 0 Å². The quantitative estimate of drug-likeness (QED) is 0.719. The Balaban J connectivity index is 1.86. The van der Waals surface area contributed by atoms with Crippen LogP contribution in [0.2, 0.25) is 0 Å². The maximum absolute atomic E-state index is 5.78. The molecular formula is C16H16N2OS. The van der Waals surface area contributed by atoms with Gasteiger partial charge in [0.05, 0.1) is 0 Å². The summed E-state index contributed by atoms with van der Waals surface area (Å²) in [7, 11) is 0. The SMILES string of the molecule is NCCC(Sc1nc2ccccc2o1)c1ccccc1. The molecule has 1 atom stereocenters. The van der Waals surface area contributed by atoms with Gasteiger partial charge in [-0.2, -0.15) is 0 Å². The van der Waals surface area contributed by atoms with Crippen molar-refractivity contribution in [3.8, 4) is 0 Å². The molecule has 0 aliphatic carbocycles. The van der Waals surface area contributed by atoms with Crippen LogP contribution in [0.5, 0.6) is 0 Å². The topological polar surface area (TPSA) is 52.0 Å². The van der Waals surface area contributed by atoms with Gasteiger partial charge in [0.15, 0.2) is 5.58 Å². The summed E-state index contributed by atoms with van der Waals surface area (Å²) in [5.41, 5.74) is 8.71. The van der Waals surface area contributed by atoms with E-state index in [9.17, 15) is 0 Å². The van der Waals surface area contributed by atoms with Crippen LogP contribution in [-0.4, -0.2) is 11.5 Å². The molecule has 3 rings (SSSR count). The monoisotopic (exact) mass is 284 g/mol. The lowest BCUT2D eigenvalue weighted by molar-refractivity contribution is 0.487. The van der Waals surface area contributed by atoms with Gasteiger partial charge in [-0.05, 0) is 30.7 Å². The average molecular weight is 284 g/mol. The van der Waals surface area contributed by atoms with E-state index in [1.807, 2.05) is 42.5 Å². The van der Waals surface area contributed by atoms with Crippen LogP contribution in [0, 0.1) is 0 Å². The summed E-state index contributed by atoms with van der Waals surface area (Å²) in [4.78, 5) is 4.52. The molecule has 0 saturated heterocycles. The van der Waals surface area contributed by atoms with Gasteiger partial charge < -0.3 is 10.2 Å². The number of oxazole rings is 1. The minimum atomic E-state index is 0.272. The van der Waals surface area contributed by atoms with E-state index >= 15 is 0 Å². The van der Waals surface area contributed by atoms with Gasteiger partial charge in [0.2, 0.25) is 0 Å². The first-order valence-corrected chi connectivity index (χ1v) is 7.52. The zero-order valence-electron chi connectivity index (χ0n) is 11.0. The number of benzene rings is 2. The van der Waals surface area contributed by atoms with Gasteiger partial charge in [-0.3, -0.25) is 0 Å². The van der Waals surface area contributed by atoms with Gasteiger partial charge in [-0.15, -0.1) is 0 Å². The second kappa shape index (κ2) is 6.11. The van der Waals surface area contributed by atoms with E-state index in [1.54, 1.807) is 11.8 Å². The highest BCUT2D eigenvalue weighted by atomic mass is 32.2. The molecule has 3 nitrogen and oxygen atoms in total. The predicted molar refractivity (Wildman–Crippen MR) is 82.7 cm³/mol. The lowest BCUT2D eigenvalue weighted by atomic mass is 10.1. The Kier molecular flexibility index (Phi) is 4.04. The van der Waals surface area contributed by atoms with Crippen molar-refractivity contribution < 1.29 is 4.42 Å². The maximum Gasteiger partial charge on any atom is 0.257 e. The third kappa shape index (κ3) is 2.86. The third-order valence-electron chi connectivity index (χ3n) is 3.12. The van der Waals surface area contributed by atoms with Crippen molar-refractivity contribution in [2.45, 2.75) is 16.9 Å². The van der Waals surface area contributed by atoms with Crippen LogP contribution in [0.1, 0.15) is 17.2 Å². The number of aromatic nitrogens is 1. The second-order valence-electron chi connectivity index (χ2n) is 4.54. The van der Waals surface area contributed by atoms with Crippen molar-refractivity contribution in [3.63, 3.8) is 0 Å². The number of rotatable bonds is 5. The third-order valence-corrected chi connectivity index (χ3v) is 4.29. The first-order valence-electron chi connectivity index (χ1n) is 6.64. The maximum atomic E-state index is 5.78. The summed E-state index contributed by atoms with van der Waals surface area (Å²) < 4.78 is 5.78. The standard InChI is InChI=1S/C16H16N2OS/c17-11-10-15(12-6-2-1-3-7-12)20-16-18-13-8-4-5-9-14(13)19-16/h1-9,15H,10-11,17H2. The van der Waals surface area contributed by atoms with Gasteiger partial charge in [-0.1, -0.05) is 54.2 Å². The van der Waals surface area contributed by atoms with E-state index in [4.69, 9.17) is 10.2 Å². The highest BCUT2D eigenvalue weighted by molar-refractivity contribution is 7.99. The summed E-state index contributed by atoms with van der Waals surface area (Å²) in [5.74, 6) is 0. The van der Waals surface area contributed by atoms with Gasteiger partial charge in [0, 0.05) is 5.25 Å². The Morgan fingerprint density at radius 2 is 1.80 bits per heavy atom. The summed E-state index contributed by atoms with van der Waals surface area (Å²) in [6, 6.07) is 18.2. The Morgan fingerprint density at radius 1 is 1.05 bits per heavy atom. The highest BCUT2D eigenvalue weighted by Crippen LogP contribution is 2.38. The zero-order valence-corrected chi connectivity index (χ0v) is 11.8. The summed E-state index contributed by atoms with van der Waals surface area (Å²) in [5, 5.41) is 0.975. The molecule has 1 unspecified atom stereocenters. The molecule has 0 spiro atoms. The van der Waals surface area contributed by atoms with Crippen LogP contribution < -0.4 is 5.73 Å². The molecule has 102 valence electrons. The Labute approximate surface area is 122 Å². The zero-order chi connectivity index (χ0) is 13.8.